The van der Waals surface area contributed by atoms with Crippen LogP contribution >= 0.6 is 0 Å². The summed E-state index contributed by atoms with van der Waals surface area (Å²) in [6.07, 6.45) is 1.46. The number of rotatable bonds is 6. The lowest BCUT2D eigenvalue weighted by Crippen LogP contribution is -2.39. The third kappa shape index (κ3) is 4.64. The van der Waals surface area contributed by atoms with Gasteiger partial charge in [0.2, 0.25) is 0 Å². The Morgan fingerprint density at radius 2 is 1.79 bits per heavy atom. The highest BCUT2D eigenvalue weighted by Gasteiger charge is 2.44. The summed E-state index contributed by atoms with van der Waals surface area (Å²) in [6.45, 7) is 5.95. The first kappa shape index (κ1) is 23.4. The van der Waals surface area contributed by atoms with Crippen LogP contribution in [0.15, 0.2) is 77.1 Å². The Morgan fingerprint density at radius 1 is 1.12 bits per heavy atom. The van der Waals surface area contributed by atoms with Gasteiger partial charge in [-0.25, -0.2) is 4.79 Å². The fraction of sp³-hybridized carbons (Fsp3) is 0.333. The fourth-order valence-electron chi connectivity index (χ4n) is 4.90. The second kappa shape index (κ2) is 9.25. The maximum atomic E-state index is 13.3. The predicted molar refractivity (Wildman–Crippen MR) is 128 cm³/mol. The van der Waals surface area contributed by atoms with E-state index in [1.807, 2.05) is 44.2 Å². The maximum Gasteiger partial charge on any atom is 0.336 e. The number of nitrogens with one attached hydrogen (secondary N) is 1. The lowest BCUT2D eigenvalue weighted by Gasteiger charge is -2.39. The van der Waals surface area contributed by atoms with Gasteiger partial charge in [0, 0.05) is 41.4 Å². The van der Waals surface area contributed by atoms with E-state index in [0.29, 0.717) is 36.1 Å². The summed E-state index contributed by atoms with van der Waals surface area (Å²) < 4.78 is 5.62. The number of nitro benzene ring substituents is 1. The first-order valence-electron chi connectivity index (χ1n) is 11.4. The Kier molecular flexibility index (Phi) is 6.37. The molecule has 4 rings (SSSR count). The summed E-state index contributed by atoms with van der Waals surface area (Å²) in [4.78, 5) is 38.1. The van der Waals surface area contributed by atoms with Crippen molar-refractivity contribution in [2.75, 3.05) is 6.61 Å². The molecule has 1 aliphatic carbocycles. The number of carbonyl (C=O) groups excluding carboxylic acids is 2. The van der Waals surface area contributed by atoms with E-state index >= 15 is 0 Å². The normalized spacial score (nSPS) is 19.4. The molecule has 0 saturated carbocycles. The van der Waals surface area contributed by atoms with Gasteiger partial charge in [-0.1, -0.05) is 62.4 Å². The third-order valence-electron chi connectivity index (χ3n) is 6.37. The van der Waals surface area contributed by atoms with Crippen molar-refractivity contribution in [1.29, 1.82) is 0 Å². The van der Waals surface area contributed by atoms with Crippen molar-refractivity contribution in [2.45, 2.75) is 46.0 Å². The van der Waals surface area contributed by atoms with Crippen LogP contribution in [-0.2, 0) is 20.7 Å². The van der Waals surface area contributed by atoms with Crippen molar-refractivity contribution in [3.05, 3.63) is 98.4 Å². The zero-order valence-electron chi connectivity index (χ0n) is 19.6. The molecule has 7 nitrogen and oxygen atoms in total. The second-order valence-corrected chi connectivity index (χ2v) is 9.62. The van der Waals surface area contributed by atoms with Crippen LogP contribution in [-0.4, -0.2) is 23.3 Å². The molecule has 2 aromatic carbocycles. The van der Waals surface area contributed by atoms with Crippen molar-refractivity contribution in [1.82, 2.24) is 5.32 Å². The van der Waals surface area contributed by atoms with Crippen molar-refractivity contribution >= 4 is 17.4 Å². The number of nitrogens with zero attached hydrogens (tertiary/aromatic N) is 1. The molecule has 0 saturated heterocycles. The monoisotopic (exact) mass is 460 g/mol. The minimum Gasteiger partial charge on any atom is -0.462 e. The Bertz CT molecular complexity index is 1210. The van der Waals surface area contributed by atoms with Gasteiger partial charge < -0.3 is 10.1 Å². The van der Waals surface area contributed by atoms with Gasteiger partial charge >= 0.3 is 5.97 Å². The zero-order chi connectivity index (χ0) is 24.5. The molecular weight excluding hydrogens is 432 g/mol. The molecule has 2 aromatic rings. The molecule has 1 aliphatic heterocycles. The van der Waals surface area contributed by atoms with Crippen molar-refractivity contribution < 1.29 is 19.2 Å². The summed E-state index contributed by atoms with van der Waals surface area (Å²) in [5.41, 5.74) is 2.94. The molecule has 0 radical (unpaired) electrons. The Labute approximate surface area is 198 Å². The standard InChI is InChI=1S/C27H28N2O5/c1-17-23(26(31)34-14-13-18-9-5-4-6-10-18)24(19-11-7-8-12-21(19)29(32)33)25-20(28-17)15-27(2,3)16-22(25)30/h4-12,24,28H,13-16H2,1-3H3/t24-/m1/s1. The number of ether oxygens (including phenoxy) is 1. The number of hydrogen-bond acceptors (Lipinski definition) is 6. The van der Waals surface area contributed by atoms with Gasteiger partial charge in [0.15, 0.2) is 5.78 Å². The highest BCUT2D eigenvalue weighted by molar-refractivity contribution is 6.04. The molecule has 0 fully saturated rings. The van der Waals surface area contributed by atoms with Crippen molar-refractivity contribution in [3.8, 4) is 0 Å². The summed E-state index contributed by atoms with van der Waals surface area (Å²) in [6, 6.07) is 16.0. The molecule has 0 aromatic heterocycles. The molecule has 7 heteroatoms. The lowest BCUT2D eigenvalue weighted by atomic mass is 9.68. The minimum absolute atomic E-state index is 0.107. The number of benzene rings is 2. The van der Waals surface area contributed by atoms with Gasteiger partial charge in [0.25, 0.3) is 5.69 Å². The molecular formula is C27H28N2O5. The smallest absolute Gasteiger partial charge is 0.336 e. The van der Waals surface area contributed by atoms with Gasteiger partial charge in [-0.15, -0.1) is 0 Å². The first-order chi connectivity index (χ1) is 16.2. The van der Waals surface area contributed by atoms with E-state index in [1.54, 1.807) is 25.1 Å². The second-order valence-electron chi connectivity index (χ2n) is 9.62. The van der Waals surface area contributed by atoms with E-state index < -0.39 is 16.8 Å². The van der Waals surface area contributed by atoms with Gasteiger partial charge in [-0.05, 0) is 24.3 Å². The number of nitro groups is 1. The van der Waals surface area contributed by atoms with E-state index in [1.165, 1.54) is 6.07 Å². The Hall–Kier alpha value is -3.74. The highest BCUT2D eigenvalue weighted by Crippen LogP contribution is 2.48. The Morgan fingerprint density at radius 3 is 2.50 bits per heavy atom. The summed E-state index contributed by atoms with van der Waals surface area (Å²) in [5.74, 6) is -1.54. The van der Waals surface area contributed by atoms with Gasteiger partial charge in [-0.3, -0.25) is 14.9 Å². The maximum absolute atomic E-state index is 13.3. The van der Waals surface area contributed by atoms with Crippen LogP contribution in [0.3, 0.4) is 0 Å². The van der Waals surface area contributed by atoms with E-state index in [0.717, 1.165) is 11.3 Å². The summed E-state index contributed by atoms with van der Waals surface area (Å²) in [5, 5.41) is 15.1. The number of Topliss-reactive ketones (excluding diaryl/α,β-unsaturated/α-hetero) is 1. The van der Waals surface area contributed by atoms with E-state index in [9.17, 15) is 19.7 Å². The van der Waals surface area contributed by atoms with E-state index in [2.05, 4.69) is 5.32 Å². The van der Waals surface area contributed by atoms with E-state index in [-0.39, 0.29) is 29.1 Å². The molecule has 0 amide bonds. The molecule has 1 heterocycles. The number of ketones is 1. The number of allylic oxidation sites excluding steroid dienone is 3. The number of esters is 1. The molecule has 0 unspecified atom stereocenters. The van der Waals surface area contributed by atoms with Gasteiger partial charge in [0.1, 0.15) is 0 Å². The number of carbonyl (C=O) groups is 2. The Balaban J connectivity index is 1.73. The molecule has 176 valence electrons. The van der Waals surface area contributed by atoms with Crippen LogP contribution in [0.5, 0.6) is 0 Å². The molecule has 1 atom stereocenters. The molecule has 0 bridgehead atoms. The molecule has 2 aliphatic rings. The van der Waals surface area contributed by atoms with Gasteiger partial charge in [-0.2, -0.15) is 0 Å². The van der Waals surface area contributed by atoms with E-state index in [4.69, 9.17) is 4.74 Å². The van der Waals surface area contributed by atoms with Crippen LogP contribution in [0.1, 0.15) is 50.7 Å². The minimum atomic E-state index is -0.856. The van der Waals surface area contributed by atoms with Crippen molar-refractivity contribution in [3.63, 3.8) is 0 Å². The highest BCUT2D eigenvalue weighted by atomic mass is 16.6. The summed E-state index contributed by atoms with van der Waals surface area (Å²) in [7, 11) is 0. The van der Waals surface area contributed by atoms with Crippen LogP contribution in [0.25, 0.3) is 0 Å². The summed E-state index contributed by atoms with van der Waals surface area (Å²) >= 11 is 0. The number of hydrogen-bond donors (Lipinski definition) is 1. The van der Waals surface area contributed by atoms with Crippen LogP contribution in [0.4, 0.5) is 5.69 Å². The lowest BCUT2D eigenvalue weighted by molar-refractivity contribution is -0.385. The zero-order valence-corrected chi connectivity index (χ0v) is 19.6. The van der Waals surface area contributed by atoms with Crippen molar-refractivity contribution in [2.24, 2.45) is 5.41 Å². The van der Waals surface area contributed by atoms with Crippen LogP contribution in [0.2, 0.25) is 0 Å². The SMILES string of the molecule is CC1=C(C(=O)OCCc2ccccc2)[C@@H](c2ccccc2[N+](=O)[O-])C2=C(CC(C)(C)CC2=O)N1. The first-order valence-corrected chi connectivity index (χ1v) is 11.4. The average molecular weight is 461 g/mol. The largest absolute Gasteiger partial charge is 0.462 e. The quantitative estimate of drug-likeness (QED) is 0.371. The van der Waals surface area contributed by atoms with Crippen LogP contribution in [0, 0.1) is 15.5 Å². The number of para-hydroxylation sites is 1. The molecule has 1 N–H and O–H groups in total. The molecule has 0 spiro atoms. The topological polar surface area (TPSA) is 98.5 Å². The third-order valence-corrected chi connectivity index (χ3v) is 6.37. The predicted octanol–water partition coefficient (Wildman–Crippen LogP) is 4.98. The van der Waals surface area contributed by atoms with Crippen LogP contribution < -0.4 is 5.32 Å². The number of dihydropyridines is 1. The molecule has 34 heavy (non-hydrogen) atoms. The van der Waals surface area contributed by atoms with Gasteiger partial charge in [0.05, 0.1) is 23.0 Å². The average Bonchev–Trinajstić information content (AvgIpc) is 2.77. The fourth-order valence-corrected chi connectivity index (χ4v) is 4.90.